The molecule has 0 saturated carbocycles. The van der Waals surface area contributed by atoms with Crippen LogP contribution in [0.25, 0.3) is 0 Å². The first kappa shape index (κ1) is 14.0. The quantitative estimate of drug-likeness (QED) is 0.850. The number of nitrogens with zero attached hydrogens (tertiary/aromatic N) is 1. The molecule has 1 aromatic heterocycles. The molecule has 0 spiro atoms. The van der Waals surface area contributed by atoms with Gasteiger partial charge in [0, 0.05) is 10.7 Å². The summed E-state index contributed by atoms with van der Waals surface area (Å²) in [7, 11) is 1.40. The number of carbonyl (C=O) groups excluding carboxylic acids is 1. The molecule has 17 heavy (non-hydrogen) atoms. The van der Waals surface area contributed by atoms with E-state index in [9.17, 15) is 4.79 Å². The summed E-state index contributed by atoms with van der Waals surface area (Å²) in [6.45, 7) is 4.12. The summed E-state index contributed by atoms with van der Waals surface area (Å²) in [5, 5.41) is 3.08. The SMILES string of the molecule is COC(=O)C(CC(C)C)Nc1ccc(Br)cn1. The van der Waals surface area contributed by atoms with E-state index in [2.05, 4.69) is 40.1 Å². The van der Waals surface area contributed by atoms with Crippen molar-refractivity contribution in [1.82, 2.24) is 4.98 Å². The molecule has 1 rings (SSSR count). The second-order valence-electron chi connectivity index (χ2n) is 4.21. The van der Waals surface area contributed by atoms with Crippen LogP contribution in [-0.2, 0) is 9.53 Å². The van der Waals surface area contributed by atoms with Crippen LogP contribution in [0.4, 0.5) is 5.82 Å². The Balaban J connectivity index is 2.71. The highest BCUT2D eigenvalue weighted by Crippen LogP contribution is 2.14. The summed E-state index contributed by atoms with van der Waals surface area (Å²) in [5.74, 6) is 0.815. The number of hydrogen-bond donors (Lipinski definition) is 1. The minimum absolute atomic E-state index is 0.261. The lowest BCUT2D eigenvalue weighted by Crippen LogP contribution is -2.32. The third kappa shape index (κ3) is 4.73. The molecule has 1 N–H and O–H groups in total. The molecule has 4 nitrogen and oxygen atoms in total. The molecule has 0 bridgehead atoms. The second kappa shape index (κ2) is 6.59. The van der Waals surface area contributed by atoms with Crippen molar-refractivity contribution >= 4 is 27.7 Å². The number of ether oxygens (including phenoxy) is 1. The van der Waals surface area contributed by atoms with E-state index < -0.39 is 0 Å². The van der Waals surface area contributed by atoms with Crippen LogP contribution in [0.2, 0.25) is 0 Å². The van der Waals surface area contributed by atoms with Crippen molar-refractivity contribution in [3.05, 3.63) is 22.8 Å². The number of anilines is 1. The number of pyridine rings is 1. The lowest BCUT2D eigenvalue weighted by molar-refractivity contribution is -0.141. The summed E-state index contributed by atoms with van der Waals surface area (Å²) in [5.41, 5.74) is 0. The minimum atomic E-state index is -0.353. The fourth-order valence-electron chi connectivity index (χ4n) is 1.47. The molecule has 0 aliphatic rings. The van der Waals surface area contributed by atoms with Gasteiger partial charge in [0.05, 0.1) is 7.11 Å². The molecule has 0 aliphatic heterocycles. The molecule has 1 aromatic rings. The van der Waals surface area contributed by atoms with Crippen molar-refractivity contribution in [3.8, 4) is 0 Å². The topological polar surface area (TPSA) is 51.2 Å². The van der Waals surface area contributed by atoms with Crippen molar-refractivity contribution in [2.45, 2.75) is 26.3 Å². The average Bonchev–Trinajstić information content (AvgIpc) is 2.29. The summed E-state index contributed by atoms with van der Waals surface area (Å²) >= 11 is 3.31. The number of esters is 1. The molecule has 0 aliphatic carbocycles. The van der Waals surface area contributed by atoms with E-state index in [0.29, 0.717) is 18.2 Å². The summed E-state index contributed by atoms with van der Waals surface area (Å²) < 4.78 is 5.67. The zero-order chi connectivity index (χ0) is 12.8. The highest BCUT2D eigenvalue weighted by atomic mass is 79.9. The zero-order valence-electron chi connectivity index (χ0n) is 10.2. The van der Waals surface area contributed by atoms with Crippen molar-refractivity contribution in [2.75, 3.05) is 12.4 Å². The third-order valence-electron chi connectivity index (χ3n) is 2.24. The Bertz CT molecular complexity index is 365. The molecule has 0 aromatic carbocycles. The molecular weight excluding hydrogens is 284 g/mol. The van der Waals surface area contributed by atoms with E-state index in [1.165, 1.54) is 7.11 Å². The molecule has 5 heteroatoms. The minimum Gasteiger partial charge on any atom is -0.467 e. The summed E-state index contributed by atoms with van der Waals surface area (Å²) in [6.07, 6.45) is 2.40. The third-order valence-corrected chi connectivity index (χ3v) is 2.71. The summed E-state index contributed by atoms with van der Waals surface area (Å²) in [4.78, 5) is 15.8. The first-order chi connectivity index (χ1) is 8.02. The maximum absolute atomic E-state index is 11.6. The van der Waals surface area contributed by atoms with Crippen molar-refractivity contribution in [1.29, 1.82) is 0 Å². The smallest absolute Gasteiger partial charge is 0.328 e. The Labute approximate surface area is 110 Å². The number of methoxy groups -OCH3 is 1. The van der Waals surface area contributed by atoms with E-state index in [-0.39, 0.29) is 12.0 Å². The van der Waals surface area contributed by atoms with Crippen LogP contribution >= 0.6 is 15.9 Å². The Morgan fingerprint density at radius 3 is 2.71 bits per heavy atom. The van der Waals surface area contributed by atoms with Gasteiger partial charge in [0.1, 0.15) is 11.9 Å². The van der Waals surface area contributed by atoms with Gasteiger partial charge in [0.2, 0.25) is 0 Å². The normalized spacial score (nSPS) is 12.3. The van der Waals surface area contributed by atoms with Gasteiger partial charge >= 0.3 is 5.97 Å². The molecule has 0 amide bonds. The number of aromatic nitrogens is 1. The van der Waals surface area contributed by atoms with E-state index in [1.807, 2.05) is 12.1 Å². The van der Waals surface area contributed by atoms with Crippen LogP contribution in [0.5, 0.6) is 0 Å². The maximum Gasteiger partial charge on any atom is 0.328 e. The molecular formula is C12H17BrN2O2. The van der Waals surface area contributed by atoms with Crippen molar-refractivity contribution in [3.63, 3.8) is 0 Å². The Hall–Kier alpha value is -1.10. The molecule has 1 unspecified atom stereocenters. The van der Waals surface area contributed by atoms with Crippen molar-refractivity contribution < 1.29 is 9.53 Å². The largest absolute Gasteiger partial charge is 0.467 e. The van der Waals surface area contributed by atoms with E-state index in [0.717, 1.165) is 4.47 Å². The number of carbonyl (C=O) groups is 1. The average molecular weight is 301 g/mol. The molecule has 1 heterocycles. The maximum atomic E-state index is 11.6. The van der Waals surface area contributed by atoms with Crippen LogP contribution in [-0.4, -0.2) is 24.1 Å². The van der Waals surface area contributed by atoms with Gasteiger partial charge in [-0.15, -0.1) is 0 Å². The number of hydrogen-bond acceptors (Lipinski definition) is 4. The van der Waals surface area contributed by atoms with Gasteiger partial charge in [-0.25, -0.2) is 9.78 Å². The fraction of sp³-hybridized carbons (Fsp3) is 0.500. The van der Waals surface area contributed by atoms with Crippen LogP contribution in [0, 0.1) is 5.92 Å². The van der Waals surface area contributed by atoms with Crippen molar-refractivity contribution in [2.24, 2.45) is 5.92 Å². The van der Waals surface area contributed by atoms with Gasteiger partial charge in [-0.1, -0.05) is 13.8 Å². The molecule has 1 atom stereocenters. The summed E-state index contributed by atoms with van der Waals surface area (Å²) in [6, 6.07) is 3.34. The zero-order valence-corrected chi connectivity index (χ0v) is 11.8. The highest BCUT2D eigenvalue weighted by Gasteiger charge is 2.20. The lowest BCUT2D eigenvalue weighted by Gasteiger charge is -2.18. The van der Waals surface area contributed by atoms with Crippen LogP contribution < -0.4 is 5.32 Å². The van der Waals surface area contributed by atoms with Gasteiger partial charge in [-0.3, -0.25) is 0 Å². The Morgan fingerprint density at radius 2 is 2.24 bits per heavy atom. The number of nitrogens with one attached hydrogen (secondary N) is 1. The van der Waals surface area contributed by atoms with E-state index >= 15 is 0 Å². The molecule has 0 saturated heterocycles. The standard InChI is InChI=1S/C12H17BrN2O2/c1-8(2)6-10(12(16)17-3)15-11-5-4-9(13)7-14-11/h4-5,7-8,10H,6H2,1-3H3,(H,14,15). The van der Waals surface area contributed by atoms with Gasteiger partial charge in [-0.2, -0.15) is 0 Å². The highest BCUT2D eigenvalue weighted by molar-refractivity contribution is 9.10. The molecule has 0 radical (unpaired) electrons. The Kier molecular flexibility index (Phi) is 5.41. The molecule has 94 valence electrons. The van der Waals surface area contributed by atoms with E-state index in [4.69, 9.17) is 4.74 Å². The monoisotopic (exact) mass is 300 g/mol. The lowest BCUT2D eigenvalue weighted by atomic mass is 10.0. The van der Waals surface area contributed by atoms with Gasteiger partial charge in [0.25, 0.3) is 0 Å². The number of rotatable bonds is 5. The fourth-order valence-corrected chi connectivity index (χ4v) is 1.70. The first-order valence-electron chi connectivity index (χ1n) is 5.49. The first-order valence-corrected chi connectivity index (χ1v) is 6.28. The van der Waals surface area contributed by atoms with Gasteiger partial charge in [-0.05, 0) is 40.4 Å². The predicted molar refractivity (Wildman–Crippen MR) is 70.8 cm³/mol. The predicted octanol–water partition coefficient (Wildman–Crippen LogP) is 2.84. The van der Waals surface area contributed by atoms with Gasteiger partial charge in [0.15, 0.2) is 0 Å². The second-order valence-corrected chi connectivity index (χ2v) is 5.13. The van der Waals surface area contributed by atoms with E-state index in [1.54, 1.807) is 6.20 Å². The Morgan fingerprint density at radius 1 is 1.53 bits per heavy atom. The van der Waals surface area contributed by atoms with Gasteiger partial charge < -0.3 is 10.1 Å². The van der Waals surface area contributed by atoms with Crippen LogP contribution in [0.1, 0.15) is 20.3 Å². The van der Waals surface area contributed by atoms with Crippen LogP contribution in [0.3, 0.4) is 0 Å². The van der Waals surface area contributed by atoms with Crippen LogP contribution in [0.15, 0.2) is 22.8 Å². The molecule has 0 fully saturated rings. The number of halogens is 1.